The van der Waals surface area contributed by atoms with Crippen LogP contribution in [0, 0.1) is 14.9 Å². The van der Waals surface area contributed by atoms with E-state index in [1.54, 1.807) is 0 Å². The van der Waals surface area contributed by atoms with E-state index in [9.17, 15) is 0 Å². The van der Waals surface area contributed by atoms with E-state index in [1.807, 2.05) is 243 Å². The van der Waals surface area contributed by atoms with E-state index in [0.717, 1.165) is 45.5 Å². The monoisotopic (exact) mass is 1180 g/mol. The molecule has 8 rings (SSSR count). The van der Waals surface area contributed by atoms with Crippen LogP contribution in [0.15, 0.2) is 243 Å². The molecule has 8 aromatic carbocycles. The van der Waals surface area contributed by atoms with Crippen molar-refractivity contribution in [3.05, 3.63) is 273 Å². The van der Waals surface area contributed by atoms with E-state index in [-0.39, 0.29) is 102 Å². The van der Waals surface area contributed by atoms with E-state index in [2.05, 4.69) is 30.6 Å². The number of nitrogens with one attached hydrogen (secondary N) is 1. The molecule has 0 saturated carbocycles. The van der Waals surface area contributed by atoms with Crippen LogP contribution in [0.4, 0.5) is 45.5 Å². The van der Waals surface area contributed by atoms with Gasteiger partial charge in [-0.25, -0.2) is 0 Å². The third-order valence-corrected chi connectivity index (χ3v) is 7.15. The van der Waals surface area contributed by atoms with Crippen molar-refractivity contribution in [2.45, 2.75) is 0 Å². The fourth-order valence-electron chi connectivity index (χ4n) is 4.67. The molecule has 0 aliphatic heterocycles. The van der Waals surface area contributed by atoms with Gasteiger partial charge in [0, 0.05) is 11.4 Å². The molecule has 0 aromatic heterocycles. The van der Waals surface area contributed by atoms with Crippen molar-refractivity contribution in [1.29, 1.82) is 0 Å². The van der Waals surface area contributed by atoms with Crippen LogP contribution in [0.3, 0.4) is 0 Å². The maximum absolute atomic E-state index is 5.01. The van der Waals surface area contributed by atoms with Crippen LogP contribution in [-0.4, -0.2) is 23.1 Å². The largest absolute Gasteiger partial charge is 2.00 e. The molecule has 0 fully saturated rings. The number of hydrogen-bond donors (Lipinski definition) is 1. The second kappa shape index (κ2) is 45.1. The maximum Gasteiger partial charge on any atom is 2.00 e. The number of halogens is 6. The first-order valence-corrected chi connectivity index (χ1v) is 28.8. The summed E-state index contributed by atoms with van der Waals surface area (Å²) in [6, 6.07) is 80.0. The Bertz CT molecular complexity index is 1730. The number of nitrogens with zero attached hydrogens (tertiary/aromatic N) is 3. The Kier molecular flexibility index (Phi) is 48.7. The first-order valence-electron chi connectivity index (χ1n) is 18.1. The van der Waals surface area contributed by atoms with Crippen molar-refractivity contribution in [3.63, 3.8) is 0 Å². The number of anilines is 2. The third kappa shape index (κ3) is 37.3. The quantitative estimate of drug-likeness (QED) is 0.0920. The first-order chi connectivity index (χ1) is 28.8. The van der Waals surface area contributed by atoms with E-state index < -0.39 is 12.3 Å². The predicted octanol–water partition coefficient (Wildman–Crippen LogP) is 13.5. The van der Waals surface area contributed by atoms with Gasteiger partial charge in [0.05, 0.1) is 0 Å². The fraction of sp³-hybridized carbons (Fsp3) is 0. The van der Waals surface area contributed by atoms with Gasteiger partial charge >= 0.3 is 142 Å². The van der Waals surface area contributed by atoms with E-state index >= 15 is 0 Å². The van der Waals surface area contributed by atoms with Gasteiger partial charge in [-0.15, -0.1) is 34.1 Å². The van der Waals surface area contributed by atoms with Crippen LogP contribution in [0.2, 0.25) is 0 Å². The summed E-state index contributed by atoms with van der Waals surface area (Å²) in [6.45, 7) is 0. The Hall–Kier alpha value is -1.35. The summed E-state index contributed by atoms with van der Waals surface area (Å²) in [7, 11) is 24.7. The van der Waals surface area contributed by atoms with Crippen molar-refractivity contribution < 1.29 is 96.3 Å². The van der Waals surface area contributed by atoms with Crippen molar-refractivity contribution in [1.82, 2.24) is 0 Å². The van der Waals surface area contributed by atoms with E-state index in [1.165, 1.54) is 19.4 Å². The van der Waals surface area contributed by atoms with Crippen molar-refractivity contribution in [2.75, 3.05) is 5.32 Å². The van der Waals surface area contributed by atoms with Gasteiger partial charge in [-0.05, 0) is 24.3 Å². The fourth-order valence-corrected chi connectivity index (χ4v) is 4.67. The van der Waals surface area contributed by atoms with Crippen molar-refractivity contribution in [3.8, 4) is 0 Å². The minimum atomic E-state index is -3.11. The van der Waals surface area contributed by atoms with Gasteiger partial charge in [0.25, 0.3) is 0 Å². The van der Waals surface area contributed by atoms with E-state index in [0.29, 0.717) is 0 Å². The zero-order chi connectivity index (χ0) is 42.2. The smallest absolute Gasteiger partial charge is 1.00 e. The molecule has 15 heteroatoms. The molecule has 0 bridgehead atoms. The molecule has 4 nitrogen and oxygen atoms in total. The molecule has 324 valence electrons. The van der Waals surface area contributed by atoms with Gasteiger partial charge < -0.3 is 60.1 Å². The molecule has 0 unspecified atom stereocenters. The molecule has 0 atom stereocenters. The molecule has 1 N–H and O–H groups in total. The van der Waals surface area contributed by atoms with Gasteiger partial charge in [-0.1, -0.05) is 218 Å². The molecule has 0 aliphatic carbocycles. The second-order valence-corrected chi connectivity index (χ2v) is 27.1. The molecule has 0 saturated heterocycles. The topological polar surface area (TPSA) is 54.3 Å². The normalized spacial score (nSPS) is 8.62. The summed E-state index contributed by atoms with van der Waals surface area (Å²) in [5, 5.41) is 16.6. The molecule has 0 amide bonds. The van der Waals surface area contributed by atoms with Crippen LogP contribution in [0.5, 0.6) is 0 Å². The molecule has 0 spiro atoms. The summed E-state index contributed by atoms with van der Waals surface area (Å²) >= 11 is -1.64. The number of hydrogen-bond acceptors (Lipinski definition) is 1. The van der Waals surface area contributed by atoms with Crippen LogP contribution in [-0.2, 0) is 53.4 Å². The molecule has 8 aromatic rings. The van der Waals surface area contributed by atoms with Gasteiger partial charge in [0.15, 0.2) is 0 Å². The summed E-state index contributed by atoms with van der Waals surface area (Å²) in [5.41, 5.74) is 8.20. The summed E-state index contributed by atoms with van der Waals surface area (Å²) in [4.78, 5) is 0. The standard InChI is InChI=1S/C12H11N.3C12H10N.2CH3.5ClH.HI.Li.Mg.3Ti/c4*1-3-7-11(8-4-1)13-12-9-5-2-6-10-12;;;;;;;;;;;;;/h1-10,13H;3*1-10H;2*1H3;6*1H;;;;;/q;5*-1;;;;;;;+1;3*+2;+4/p-6. The molecular formula is C50H47Cl5ILiMgN4Ti3. The van der Waals surface area contributed by atoms with Crippen LogP contribution < -0.4 is 48.2 Å². The molecule has 0 heterocycles. The summed E-state index contributed by atoms with van der Waals surface area (Å²) in [5.74, 6) is 0. The van der Waals surface area contributed by atoms with Crippen molar-refractivity contribution in [2.24, 2.45) is 0 Å². The zero-order valence-corrected chi connectivity index (χ0v) is 48.4. The third-order valence-electron chi connectivity index (χ3n) is 7.15. The van der Waals surface area contributed by atoms with Crippen LogP contribution in [0.25, 0.3) is 16.0 Å². The maximum atomic E-state index is 5.01. The Morgan fingerprint density at radius 3 is 0.585 bits per heavy atom. The molecule has 0 radical (unpaired) electrons. The Morgan fingerprint density at radius 2 is 0.446 bits per heavy atom. The van der Waals surface area contributed by atoms with E-state index in [4.69, 9.17) is 37.2 Å². The summed E-state index contributed by atoms with van der Waals surface area (Å²) < 4.78 is 0. The Labute approximate surface area is 483 Å². The molecule has 65 heavy (non-hydrogen) atoms. The minimum Gasteiger partial charge on any atom is -1.00 e. The minimum absolute atomic E-state index is 0. The molecular weight excluding hydrogens is 1140 g/mol. The number of para-hydroxylation sites is 8. The van der Waals surface area contributed by atoms with Crippen LogP contribution >= 0.6 is 46.5 Å². The predicted molar refractivity (Wildman–Crippen MR) is 271 cm³/mol. The Balaban J connectivity index is -0.000000354. The Morgan fingerprint density at radius 1 is 0.323 bits per heavy atom. The summed E-state index contributed by atoms with van der Waals surface area (Å²) in [6.07, 6.45) is 0. The zero-order valence-electron chi connectivity index (χ0n) is 36.4. The first kappa shape index (κ1) is 70.2. The van der Waals surface area contributed by atoms with Crippen LogP contribution in [0.1, 0.15) is 0 Å². The van der Waals surface area contributed by atoms with Crippen molar-refractivity contribution >= 4 is 115 Å². The van der Waals surface area contributed by atoms with Gasteiger partial charge in [-0.2, -0.15) is 0 Å². The molecule has 0 aliphatic rings. The average molecular weight is 1180 g/mol. The average Bonchev–Trinajstić information content (AvgIpc) is 3.27. The SMILES string of the molecule is [CH3-].[CH3-].[Cl][Ti+].[Cl][Ti]([Cl])([Cl])[Cl].[I-].[Li+].[Mg+2].[Ti+2].c1ccc(Nc2ccccc2)cc1.c1ccc([N-]c2ccccc2)cc1.c1ccc([N-]c2ccccc2)cc1.c1ccc([N-]c2ccccc2)cc1. The van der Waals surface area contributed by atoms with Gasteiger partial charge in [0.2, 0.25) is 0 Å². The number of benzene rings is 8. The van der Waals surface area contributed by atoms with Gasteiger partial charge in [0.1, 0.15) is 0 Å². The number of rotatable bonds is 8. The second-order valence-electron chi connectivity index (χ2n) is 11.6. The van der Waals surface area contributed by atoms with Gasteiger partial charge in [-0.3, -0.25) is 0 Å².